The predicted molar refractivity (Wildman–Crippen MR) is 69.2 cm³/mol. The molecule has 0 radical (unpaired) electrons. The zero-order valence-electron chi connectivity index (χ0n) is 9.50. The van der Waals surface area contributed by atoms with Crippen LogP contribution in [0.25, 0.3) is 0 Å². The molecule has 0 unspecified atom stereocenters. The summed E-state index contributed by atoms with van der Waals surface area (Å²) >= 11 is 3.38. The van der Waals surface area contributed by atoms with Crippen LogP contribution in [0, 0.1) is 0 Å². The zero-order chi connectivity index (χ0) is 11.5. The van der Waals surface area contributed by atoms with Crippen molar-refractivity contribution in [1.29, 1.82) is 0 Å². The maximum absolute atomic E-state index is 4.39. The van der Waals surface area contributed by atoms with E-state index in [4.69, 9.17) is 0 Å². The first-order valence-corrected chi connectivity index (χ1v) is 5.74. The molecule has 1 aromatic rings. The van der Waals surface area contributed by atoms with E-state index in [-0.39, 0.29) is 5.54 Å². The standard InChI is InChI=1S/C12H17BrN2/c1-5-8-15(12(2,3)4)11-7-6-10(13)9-14-11/h5-7,9H,1,8H2,2-4H3. The first-order chi connectivity index (χ1) is 6.95. The molecule has 0 amide bonds. The molecule has 15 heavy (non-hydrogen) atoms. The summed E-state index contributed by atoms with van der Waals surface area (Å²) in [7, 11) is 0. The molecule has 0 saturated carbocycles. The summed E-state index contributed by atoms with van der Waals surface area (Å²) in [4.78, 5) is 6.61. The topological polar surface area (TPSA) is 16.1 Å². The van der Waals surface area contributed by atoms with Crippen molar-refractivity contribution < 1.29 is 0 Å². The van der Waals surface area contributed by atoms with Crippen molar-refractivity contribution in [3.05, 3.63) is 35.5 Å². The van der Waals surface area contributed by atoms with Crippen LogP contribution in [0.4, 0.5) is 5.82 Å². The smallest absolute Gasteiger partial charge is 0.129 e. The molecule has 0 spiro atoms. The summed E-state index contributed by atoms with van der Waals surface area (Å²) in [6.45, 7) is 11.1. The number of halogens is 1. The lowest BCUT2D eigenvalue weighted by molar-refractivity contribution is 0.517. The molecule has 1 rings (SSSR count). The molecule has 0 bridgehead atoms. The monoisotopic (exact) mass is 268 g/mol. The number of pyridine rings is 1. The van der Waals surface area contributed by atoms with Gasteiger partial charge in [-0.05, 0) is 48.8 Å². The fourth-order valence-corrected chi connectivity index (χ4v) is 1.60. The van der Waals surface area contributed by atoms with Gasteiger partial charge in [-0.25, -0.2) is 4.98 Å². The summed E-state index contributed by atoms with van der Waals surface area (Å²) in [5.41, 5.74) is 0.0506. The third kappa shape index (κ3) is 3.34. The first-order valence-electron chi connectivity index (χ1n) is 4.95. The number of nitrogens with zero attached hydrogens (tertiary/aromatic N) is 2. The Bertz CT molecular complexity index is 324. The fraction of sp³-hybridized carbons (Fsp3) is 0.417. The Balaban J connectivity index is 2.99. The number of rotatable bonds is 3. The van der Waals surface area contributed by atoms with Gasteiger partial charge in [0.25, 0.3) is 0 Å². The van der Waals surface area contributed by atoms with Crippen LogP contribution in [0.3, 0.4) is 0 Å². The average Bonchev–Trinajstić information content (AvgIpc) is 2.14. The van der Waals surface area contributed by atoms with Crippen LogP contribution < -0.4 is 4.90 Å². The lowest BCUT2D eigenvalue weighted by Crippen LogP contribution is -2.42. The Morgan fingerprint density at radius 3 is 2.53 bits per heavy atom. The van der Waals surface area contributed by atoms with Crippen molar-refractivity contribution in [3.8, 4) is 0 Å². The van der Waals surface area contributed by atoms with Gasteiger partial charge in [0.15, 0.2) is 0 Å². The van der Waals surface area contributed by atoms with Gasteiger partial charge in [-0.1, -0.05) is 6.08 Å². The summed E-state index contributed by atoms with van der Waals surface area (Å²) in [6.07, 6.45) is 3.71. The molecule has 0 saturated heterocycles. The van der Waals surface area contributed by atoms with Gasteiger partial charge in [-0.3, -0.25) is 0 Å². The van der Waals surface area contributed by atoms with Gasteiger partial charge >= 0.3 is 0 Å². The Hall–Kier alpha value is -0.830. The van der Waals surface area contributed by atoms with Crippen LogP contribution in [0.15, 0.2) is 35.5 Å². The summed E-state index contributed by atoms with van der Waals surface area (Å²) in [6, 6.07) is 4.02. The van der Waals surface area contributed by atoms with E-state index in [1.54, 1.807) is 0 Å². The maximum Gasteiger partial charge on any atom is 0.129 e. The normalized spacial score (nSPS) is 11.2. The van der Waals surface area contributed by atoms with Gasteiger partial charge in [-0.2, -0.15) is 0 Å². The lowest BCUT2D eigenvalue weighted by atomic mass is 10.1. The molecular formula is C12H17BrN2. The van der Waals surface area contributed by atoms with Gasteiger partial charge in [0, 0.05) is 22.8 Å². The van der Waals surface area contributed by atoms with Gasteiger partial charge in [-0.15, -0.1) is 6.58 Å². The second-order valence-electron chi connectivity index (χ2n) is 4.40. The van der Waals surface area contributed by atoms with Gasteiger partial charge in [0.05, 0.1) is 0 Å². The van der Waals surface area contributed by atoms with E-state index in [2.05, 4.69) is 53.2 Å². The van der Waals surface area contributed by atoms with Crippen molar-refractivity contribution >= 4 is 21.7 Å². The molecule has 0 atom stereocenters. The zero-order valence-corrected chi connectivity index (χ0v) is 11.1. The van der Waals surface area contributed by atoms with E-state index < -0.39 is 0 Å². The van der Waals surface area contributed by atoms with Crippen LogP contribution in [0.5, 0.6) is 0 Å². The van der Waals surface area contributed by atoms with Gasteiger partial charge in [0.2, 0.25) is 0 Å². The molecular weight excluding hydrogens is 252 g/mol. The highest BCUT2D eigenvalue weighted by Crippen LogP contribution is 2.22. The predicted octanol–water partition coefficient (Wildman–Crippen LogP) is 3.64. The molecule has 82 valence electrons. The minimum atomic E-state index is 0.0506. The Labute approximate surface area is 100 Å². The first kappa shape index (κ1) is 12.2. The number of hydrogen-bond donors (Lipinski definition) is 0. The van der Waals surface area contributed by atoms with Gasteiger partial charge < -0.3 is 4.90 Å². The van der Waals surface area contributed by atoms with E-state index in [1.165, 1.54) is 0 Å². The molecule has 0 aliphatic rings. The molecule has 3 heteroatoms. The minimum absolute atomic E-state index is 0.0506. The van der Waals surface area contributed by atoms with Crippen LogP contribution in [-0.2, 0) is 0 Å². The molecule has 0 N–H and O–H groups in total. The molecule has 0 aliphatic carbocycles. The van der Waals surface area contributed by atoms with E-state index >= 15 is 0 Å². The molecule has 0 fully saturated rings. The third-order valence-corrected chi connectivity index (χ3v) is 2.58. The van der Waals surface area contributed by atoms with Crippen LogP contribution in [-0.4, -0.2) is 17.1 Å². The molecule has 1 aromatic heterocycles. The lowest BCUT2D eigenvalue weighted by Gasteiger charge is -2.35. The molecule has 1 heterocycles. The van der Waals surface area contributed by atoms with E-state index in [0.29, 0.717) is 0 Å². The van der Waals surface area contributed by atoms with Crippen molar-refractivity contribution in [1.82, 2.24) is 4.98 Å². The van der Waals surface area contributed by atoms with Crippen molar-refractivity contribution in [2.24, 2.45) is 0 Å². The second kappa shape index (κ2) is 4.79. The van der Waals surface area contributed by atoms with Crippen LogP contribution in [0.2, 0.25) is 0 Å². The largest absolute Gasteiger partial charge is 0.348 e. The van der Waals surface area contributed by atoms with E-state index in [0.717, 1.165) is 16.8 Å². The highest BCUT2D eigenvalue weighted by Gasteiger charge is 2.21. The number of anilines is 1. The number of hydrogen-bond acceptors (Lipinski definition) is 2. The number of aromatic nitrogens is 1. The summed E-state index contributed by atoms with van der Waals surface area (Å²) in [5, 5.41) is 0. The Morgan fingerprint density at radius 2 is 2.13 bits per heavy atom. The second-order valence-corrected chi connectivity index (χ2v) is 5.32. The van der Waals surface area contributed by atoms with Crippen molar-refractivity contribution in [2.75, 3.05) is 11.4 Å². The van der Waals surface area contributed by atoms with Crippen molar-refractivity contribution in [3.63, 3.8) is 0 Å². The average molecular weight is 269 g/mol. The molecule has 0 aromatic carbocycles. The summed E-state index contributed by atoms with van der Waals surface area (Å²) < 4.78 is 0.999. The van der Waals surface area contributed by atoms with E-state index in [1.807, 2.05) is 24.4 Å². The third-order valence-electron chi connectivity index (χ3n) is 2.11. The Kier molecular flexibility index (Phi) is 3.91. The SMILES string of the molecule is C=CCN(c1ccc(Br)cn1)C(C)(C)C. The van der Waals surface area contributed by atoms with Crippen molar-refractivity contribution in [2.45, 2.75) is 26.3 Å². The summed E-state index contributed by atoms with van der Waals surface area (Å²) in [5.74, 6) is 0.977. The van der Waals surface area contributed by atoms with Gasteiger partial charge in [0.1, 0.15) is 5.82 Å². The molecule has 2 nitrogen and oxygen atoms in total. The van der Waals surface area contributed by atoms with Crippen LogP contribution >= 0.6 is 15.9 Å². The quantitative estimate of drug-likeness (QED) is 0.779. The Morgan fingerprint density at radius 1 is 1.47 bits per heavy atom. The van der Waals surface area contributed by atoms with E-state index in [9.17, 15) is 0 Å². The highest BCUT2D eigenvalue weighted by molar-refractivity contribution is 9.10. The highest BCUT2D eigenvalue weighted by atomic mass is 79.9. The minimum Gasteiger partial charge on any atom is -0.348 e. The maximum atomic E-state index is 4.39. The fourth-order valence-electron chi connectivity index (χ4n) is 1.37. The van der Waals surface area contributed by atoms with Crippen LogP contribution in [0.1, 0.15) is 20.8 Å². The molecule has 0 aliphatic heterocycles.